The Kier molecular flexibility index (Phi) is 7.78. The highest BCUT2D eigenvalue weighted by Gasteiger charge is 2.48. The first-order valence-corrected chi connectivity index (χ1v) is 12.4. The molecule has 1 aliphatic heterocycles. The van der Waals surface area contributed by atoms with Crippen LogP contribution in [0, 0.1) is 6.92 Å². The van der Waals surface area contributed by atoms with Crippen LogP contribution in [0.15, 0.2) is 67.0 Å². The molecule has 10 heteroatoms. The summed E-state index contributed by atoms with van der Waals surface area (Å²) in [6.45, 7) is 7.63. The van der Waals surface area contributed by atoms with Crippen LogP contribution in [0.2, 0.25) is 0 Å². The van der Waals surface area contributed by atoms with Gasteiger partial charge in [-0.3, -0.25) is 19.5 Å². The van der Waals surface area contributed by atoms with Crippen molar-refractivity contribution in [3.63, 3.8) is 0 Å². The zero-order valence-electron chi connectivity index (χ0n) is 20.3. The number of aromatic nitrogens is 2. The van der Waals surface area contributed by atoms with Crippen molar-refractivity contribution in [3.8, 4) is 5.75 Å². The second-order valence-electron chi connectivity index (χ2n) is 8.13. The van der Waals surface area contributed by atoms with E-state index in [9.17, 15) is 19.5 Å². The van der Waals surface area contributed by atoms with Crippen LogP contribution in [0.3, 0.4) is 0 Å². The largest absolute Gasteiger partial charge is 0.507 e. The topological polar surface area (TPSA) is 119 Å². The third-order valence-corrected chi connectivity index (χ3v) is 6.67. The van der Waals surface area contributed by atoms with E-state index in [2.05, 4.69) is 16.5 Å². The smallest absolute Gasteiger partial charge is 0.350 e. The SMILES string of the molecule is C=CCOC(=O)c1sc(N2C(=O)C(=O)C(=C(O)c3cccc(OCCC)c3)C2c2cccnc2)nc1C. The first-order valence-electron chi connectivity index (χ1n) is 11.6. The fourth-order valence-corrected chi connectivity index (χ4v) is 4.85. The van der Waals surface area contributed by atoms with E-state index in [4.69, 9.17) is 9.47 Å². The molecule has 1 aliphatic rings. The second-order valence-corrected chi connectivity index (χ2v) is 9.11. The van der Waals surface area contributed by atoms with Gasteiger partial charge in [0.15, 0.2) is 5.13 Å². The van der Waals surface area contributed by atoms with Gasteiger partial charge in [0, 0.05) is 18.0 Å². The number of ether oxygens (including phenoxy) is 2. The van der Waals surface area contributed by atoms with Gasteiger partial charge in [-0.15, -0.1) is 0 Å². The standard InChI is InChI=1S/C27H25N3O6S/c1-4-12-35-19-10-6-8-17(14-19)22(31)20-21(18-9-7-11-28-15-18)30(25(33)23(20)32)27-29-16(3)24(37-27)26(34)36-13-5-2/h5-11,14-15,21,31H,2,4,12-13H2,1,3H3. The van der Waals surface area contributed by atoms with E-state index < -0.39 is 23.7 Å². The minimum atomic E-state index is -1.02. The Morgan fingerprint density at radius 2 is 2.08 bits per heavy atom. The highest BCUT2D eigenvalue weighted by atomic mass is 32.1. The molecule has 0 spiro atoms. The summed E-state index contributed by atoms with van der Waals surface area (Å²) in [6, 6.07) is 9.03. The number of Topliss-reactive ketones (excluding diaryl/α,β-unsaturated/α-hetero) is 1. The molecular weight excluding hydrogens is 494 g/mol. The Balaban J connectivity index is 1.83. The number of anilines is 1. The zero-order chi connectivity index (χ0) is 26.5. The van der Waals surface area contributed by atoms with E-state index in [1.165, 1.54) is 17.2 Å². The summed E-state index contributed by atoms with van der Waals surface area (Å²) in [5.74, 6) is -2.20. The lowest BCUT2D eigenvalue weighted by molar-refractivity contribution is -0.132. The summed E-state index contributed by atoms with van der Waals surface area (Å²) in [5.41, 5.74) is 1.05. The van der Waals surface area contributed by atoms with Gasteiger partial charge in [0.1, 0.15) is 23.0 Å². The van der Waals surface area contributed by atoms with Gasteiger partial charge < -0.3 is 14.6 Å². The number of aliphatic hydroxyl groups is 1. The number of amides is 1. The lowest BCUT2D eigenvalue weighted by atomic mass is 9.96. The molecule has 1 saturated heterocycles. The average Bonchev–Trinajstić information content (AvgIpc) is 3.42. The highest BCUT2D eigenvalue weighted by molar-refractivity contribution is 7.17. The predicted octanol–water partition coefficient (Wildman–Crippen LogP) is 4.60. The summed E-state index contributed by atoms with van der Waals surface area (Å²) >= 11 is 0.929. The van der Waals surface area contributed by atoms with Crippen molar-refractivity contribution >= 4 is 39.9 Å². The number of thiazole rings is 1. The van der Waals surface area contributed by atoms with Gasteiger partial charge in [0.05, 0.1) is 23.9 Å². The van der Waals surface area contributed by atoms with Crippen molar-refractivity contribution in [1.82, 2.24) is 9.97 Å². The van der Waals surface area contributed by atoms with E-state index in [-0.39, 0.29) is 27.9 Å². The van der Waals surface area contributed by atoms with E-state index in [1.54, 1.807) is 49.5 Å². The van der Waals surface area contributed by atoms with Crippen LogP contribution in [-0.4, -0.2) is 45.9 Å². The second kappa shape index (κ2) is 11.2. The Labute approximate surface area is 217 Å². The number of nitrogens with zero attached hydrogens (tertiary/aromatic N) is 3. The molecule has 190 valence electrons. The van der Waals surface area contributed by atoms with Crippen molar-refractivity contribution in [3.05, 3.63) is 88.7 Å². The van der Waals surface area contributed by atoms with Crippen LogP contribution in [0.25, 0.3) is 5.76 Å². The third kappa shape index (κ3) is 5.14. The number of ketones is 1. The maximum Gasteiger partial charge on any atom is 0.350 e. The first kappa shape index (κ1) is 25.8. The van der Waals surface area contributed by atoms with Gasteiger partial charge in [0.25, 0.3) is 5.78 Å². The van der Waals surface area contributed by atoms with Gasteiger partial charge in [-0.05, 0) is 37.1 Å². The average molecular weight is 520 g/mol. The summed E-state index contributed by atoms with van der Waals surface area (Å²) in [5, 5.41) is 11.4. The molecule has 1 amide bonds. The summed E-state index contributed by atoms with van der Waals surface area (Å²) in [4.78, 5) is 49.0. The number of aryl methyl sites for hydroxylation is 1. The number of esters is 1. The van der Waals surface area contributed by atoms with Crippen LogP contribution >= 0.6 is 11.3 Å². The molecule has 4 rings (SSSR count). The molecular formula is C27H25N3O6S. The molecule has 1 fully saturated rings. The van der Waals surface area contributed by atoms with Crippen LogP contribution in [-0.2, 0) is 14.3 Å². The molecule has 9 nitrogen and oxygen atoms in total. The molecule has 2 aromatic heterocycles. The summed E-state index contributed by atoms with van der Waals surface area (Å²) < 4.78 is 10.8. The van der Waals surface area contributed by atoms with Crippen LogP contribution in [0.4, 0.5) is 5.13 Å². The number of rotatable bonds is 9. The zero-order valence-corrected chi connectivity index (χ0v) is 21.2. The first-order chi connectivity index (χ1) is 17.9. The molecule has 1 N–H and O–H groups in total. The molecule has 1 atom stereocenters. The minimum absolute atomic E-state index is 0.0206. The van der Waals surface area contributed by atoms with E-state index in [1.807, 2.05) is 6.92 Å². The van der Waals surface area contributed by atoms with Crippen molar-refractivity contribution in [2.75, 3.05) is 18.1 Å². The number of pyridine rings is 1. The molecule has 1 aromatic carbocycles. The lowest BCUT2D eigenvalue weighted by Gasteiger charge is -2.22. The molecule has 0 bridgehead atoms. The van der Waals surface area contributed by atoms with Gasteiger partial charge >= 0.3 is 11.9 Å². The molecule has 37 heavy (non-hydrogen) atoms. The number of hydrogen-bond donors (Lipinski definition) is 1. The summed E-state index contributed by atoms with van der Waals surface area (Å²) in [7, 11) is 0. The molecule has 1 unspecified atom stereocenters. The Morgan fingerprint density at radius 1 is 1.27 bits per heavy atom. The molecule has 3 heterocycles. The number of aliphatic hydroxyl groups excluding tert-OH is 1. The van der Waals surface area contributed by atoms with Crippen molar-refractivity contribution < 1.29 is 29.0 Å². The summed E-state index contributed by atoms with van der Waals surface area (Å²) in [6.07, 6.45) is 5.32. The fourth-order valence-electron chi connectivity index (χ4n) is 3.87. The highest BCUT2D eigenvalue weighted by Crippen LogP contribution is 2.43. The predicted molar refractivity (Wildman–Crippen MR) is 139 cm³/mol. The van der Waals surface area contributed by atoms with Gasteiger partial charge in [-0.1, -0.05) is 49.1 Å². The van der Waals surface area contributed by atoms with E-state index in [0.29, 0.717) is 29.2 Å². The molecule has 0 saturated carbocycles. The number of benzene rings is 1. The van der Waals surface area contributed by atoms with Crippen molar-refractivity contribution in [2.24, 2.45) is 0 Å². The van der Waals surface area contributed by atoms with Crippen molar-refractivity contribution in [2.45, 2.75) is 26.3 Å². The van der Waals surface area contributed by atoms with Crippen LogP contribution < -0.4 is 9.64 Å². The third-order valence-electron chi connectivity index (χ3n) is 5.53. The Bertz CT molecular complexity index is 1380. The van der Waals surface area contributed by atoms with Gasteiger partial charge in [0.2, 0.25) is 0 Å². The van der Waals surface area contributed by atoms with Gasteiger partial charge in [-0.2, -0.15) is 0 Å². The molecule has 0 aliphatic carbocycles. The Hall–Kier alpha value is -4.31. The number of hydrogen-bond acceptors (Lipinski definition) is 9. The van der Waals surface area contributed by atoms with E-state index in [0.717, 1.165) is 17.8 Å². The maximum absolute atomic E-state index is 13.3. The van der Waals surface area contributed by atoms with Crippen molar-refractivity contribution in [1.29, 1.82) is 0 Å². The Morgan fingerprint density at radius 3 is 2.78 bits per heavy atom. The van der Waals surface area contributed by atoms with Crippen LogP contribution in [0.1, 0.15) is 45.9 Å². The van der Waals surface area contributed by atoms with E-state index >= 15 is 0 Å². The molecule has 0 radical (unpaired) electrons. The van der Waals surface area contributed by atoms with Crippen LogP contribution in [0.5, 0.6) is 5.75 Å². The monoisotopic (exact) mass is 519 g/mol. The normalized spacial score (nSPS) is 16.6. The fraction of sp³-hybridized carbons (Fsp3) is 0.222. The lowest BCUT2D eigenvalue weighted by Crippen LogP contribution is -2.29. The van der Waals surface area contributed by atoms with Gasteiger partial charge in [-0.25, -0.2) is 9.78 Å². The maximum atomic E-state index is 13.3. The number of carbonyl (C=O) groups excluding carboxylic acids is 3. The number of carbonyl (C=O) groups is 3. The minimum Gasteiger partial charge on any atom is -0.507 e. The molecule has 3 aromatic rings. The quantitative estimate of drug-likeness (QED) is 0.143.